The number of primary amides is 1. The molecule has 0 aliphatic carbocycles. The van der Waals surface area contributed by atoms with Gasteiger partial charge in [-0.2, -0.15) is 5.11 Å². The standard InChI is InChI=1S/C21H22N4O2/c1-13(26)14-8-10-16(11-9-14)24-25-19(20(22)27)18-17-7-5-4-6-15(17)12-21(2,3)23-18/h4-11,23H,12H2,1-3H3,(H2,22,27)/b19-18+,25-24+. The number of hydrogen-bond donors (Lipinski definition) is 2. The number of carbonyl (C=O) groups is 2. The second-order valence-corrected chi connectivity index (χ2v) is 7.23. The minimum absolute atomic E-state index is 0.0244. The van der Waals surface area contributed by atoms with Crippen LogP contribution in [0.25, 0.3) is 5.70 Å². The van der Waals surface area contributed by atoms with Crippen LogP contribution >= 0.6 is 0 Å². The molecule has 0 atom stereocenters. The molecule has 3 rings (SSSR count). The average molecular weight is 362 g/mol. The number of nitrogens with zero attached hydrogens (tertiary/aromatic N) is 2. The van der Waals surface area contributed by atoms with E-state index in [1.54, 1.807) is 24.3 Å². The molecule has 1 aliphatic heterocycles. The minimum Gasteiger partial charge on any atom is -0.377 e. The van der Waals surface area contributed by atoms with Gasteiger partial charge in [-0.15, -0.1) is 5.11 Å². The van der Waals surface area contributed by atoms with Crippen molar-refractivity contribution in [3.05, 3.63) is 70.9 Å². The fraction of sp³-hybridized carbons (Fsp3) is 0.238. The molecule has 0 bridgehead atoms. The Balaban J connectivity index is 2.04. The first-order chi connectivity index (χ1) is 12.8. The summed E-state index contributed by atoms with van der Waals surface area (Å²) in [5.41, 5.74) is 9.16. The van der Waals surface area contributed by atoms with Crippen LogP contribution in [0.2, 0.25) is 0 Å². The second-order valence-electron chi connectivity index (χ2n) is 7.23. The van der Waals surface area contributed by atoms with Crippen LogP contribution in [-0.4, -0.2) is 17.2 Å². The smallest absolute Gasteiger partial charge is 0.271 e. The van der Waals surface area contributed by atoms with Crippen LogP contribution in [0, 0.1) is 0 Å². The van der Waals surface area contributed by atoms with Crippen molar-refractivity contribution in [2.45, 2.75) is 32.7 Å². The van der Waals surface area contributed by atoms with E-state index in [1.807, 2.05) is 24.3 Å². The van der Waals surface area contributed by atoms with E-state index in [-0.39, 0.29) is 17.0 Å². The highest BCUT2D eigenvalue weighted by Crippen LogP contribution is 2.32. The summed E-state index contributed by atoms with van der Waals surface area (Å²) in [6, 6.07) is 14.6. The molecule has 6 heteroatoms. The van der Waals surface area contributed by atoms with Crippen LogP contribution < -0.4 is 11.1 Å². The van der Waals surface area contributed by atoms with Crippen molar-refractivity contribution in [3.63, 3.8) is 0 Å². The highest BCUT2D eigenvalue weighted by molar-refractivity contribution is 6.00. The van der Waals surface area contributed by atoms with Crippen molar-refractivity contribution in [1.82, 2.24) is 5.32 Å². The summed E-state index contributed by atoms with van der Waals surface area (Å²) in [6.07, 6.45) is 0.822. The molecule has 6 nitrogen and oxygen atoms in total. The van der Waals surface area contributed by atoms with Gasteiger partial charge in [-0.25, -0.2) is 0 Å². The molecule has 0 aromatic heterocycles. The number of benzene rings is 2. The average Bonchev–Trinajstić information content (AvgIpc) is 2.61. The molecule has 1 amide bonds. The van der Waals surface area contributed by atoms with Crippen LogP contribution in [0.4, 0.5) is 5.69 Å². The normalized spacial score (nSPS) is 17.1. The molecule has 0 radical (unpaired) electrons. The number of rotatable bonds is 4. The third-order valence-corrected chi connectivity index (χ3v) is 4.39. The summed E-state index contributed by atoms with van der Waals surface area (Å²) in [5.74, 6) is -0.683. The zero-order valence-electron chi connectivity index (χ0n) is 15.6. The predicted octanol–water partition coefficient (Wildman–Crippen LogP) is 3.75. The van der Waals surface area contributed by atoms with Crippen molar-refractivity contribution in [1.29, 1.82) is 0 Å². The zero-order chi connectivity index (χ0) is 19.6. The van der Waals surface area contributed by atoms with Crippen molar-refractivity contribution in [2.75, 3.05) is 0 Å². The number of ketones is 1. The summed E-state index contributed by atoms with van der Waals surface area (Å²) < 4.78 is 0. The van der Waals surface area contributed by atoms with E-state index >= 15 is 0 Å². The number of azo groups is 1. The van der Waals surface area contributed by atoms with Crippen molar-refractivity contribution < 1.29 is 9.59 Å². The molecule has 0 saturated heterocycles. The lowest BCUT2D eigenvalue weighted by Crippen LogP contribution is -2.44. The maximum atomic E-state index is 12.1. The van der Waals surface area contributed by atoms with Gasteiger partial charge in [0.1, 0.15) is 0 Å². The van der Waals surface area contributed by atoms with Gasteiger partial charge < -0.3 is 11.1 Å². The van der Waals surface area contributed by atoms with Gasteiger partial charge in [-0.05, 0) is 57.0 Å². The molecular formula is C21H22N4O2. The molecular weight excluding hydrogens is 340 g/mol. The van der Waals surface area contributed by atoms with Gasteiger partial charge >= 0.3 is 0 Å². The van der Waals surface area contributed by atoms with Gasteiger partial charge in [0.15, 0.2) is 11.5 Å². The second kappa shape index (κ2) is 7.15. The SMILES string of the molecule is CC(=O)c1ccc(/N=N/C(C(N)=O)=C2/NC(C)(C)Cc3ccccc32)cc1. The topological polar surface area (TPSA) is 96.9 Å². The van der Waals surface area contributed by atoms with Crippen molar-refractivity contribution >= 4 is 23.1 Å². The van der Waals surface area contributed by atoms with E-state index in [2.05, 4.69) is 29.4 Å². The molecule has 0 unspecified atom stereocenters. The van der Waals surface area contributed by atoms with Gasteiger partial charge in [0.05, 0.1) is 11.4 Å². The van der Waals surface area contributed by atoms with E-state index in [4.69, 9.17) is 5.73 Å². The summed E-state index contributed by atoms with van der Waals surface area (Å²) in [5, 5.41) is 11.6. The maximum Gasteiger partial charge on any atom is 0.271 e. The fourth-order valence-corrected chi connectivity index (χ4v) is 3.12. The Hall–Kier alpha value is -3.28. The van der Waals surface area contributed by atoms with Crippen LogP contribution in [0.1, 0.15) is 42.3 Å². The first-order valence-corrected chi connectivity index (χ1v) is 8.70. The molecule has 3 N–H and O–H groups in total. The van der Waals surface area contributed by atoms with E-state index < -0.39 is 5.91 Å². The highest BCUT2D eigenvalue weighted by atomic mass is 16.1. The third kappa shape index (κ3) is 4.11. The van der Waals surface area contributed by atoms with Gasteiger partial charge in [-0.1, -0.05) is 24.3 Å². The summed E-state index contributed by atoms with van der Waals surface area (Å²) in [7, 11) is 0. The first-order valence-electron chi connectivity index (χ1n) is 8.70. The molecule has 2 aromatic rings. The lowest BCUT2D eigenvalue weighted by molar-refractivity contribution is -0.114. The van der Waals surface area contributed by atoms with Crippen LogP contribution in [-0.2, 0) is 11.2 Å². The molecule has 1 heterocycles. The highest BCUT2D eigenvalue weighted by Gasteiger charge is 2.30. The fourth-order valence-electron chi connectivity index (χ4n) is 3.12. The summed E-state index contributed by atoms with van der Waals surface area (Å²) in [4.78, 5) is 23.5. The van der Waals surface area contributed by atoms with Gasteiger partial charge in [-0.3, -0.25) is 9.59 Å². The molecule has 0 spiro atoms. The Morgan fingerprint density at radius 3 is 2.37 bits per heavy atom. The summed E-state index contributed by atoms with van der Waals surface area (Å²) >= 11 is 0. The molecule has 1 aliphatic rings. The van der Waals surface area contributed by atoms with E-state index in [9.17, 15) is 9.59 Å². The Labute approximate surface area is 158 Å². The van der Waals surface area contributed by atoms with Gasteiger partial charge in [0, 0.05) is 16.7 Å². The third-order valence-electron chi connectivity index (χ3n) is 4.39. The van der Waals surface area contributed by atoms with Crippen LogP contribution in [0.5, 0.6) is 0 Å². The van der Waals surface area contributed by atoms with Crippen molar-refractivity contribution in [3.8, 4) is 0 Å². The Bertz CT molecular complexity index is 956. The molecule has 0 fully saturated rings. The lowest BCUT2D eigenvalue weighted by Gasteiger charge is -2.35. The molecule has 0 saturated carbocycles. The first kappa shape index (κ1) is 18.5. The van der Waals surface area contributed by atoms with E-state index in [1.165, 1.54) is 6.92 Å². The number of amides is 1. The Kier molecular flexibility index (Phi) is 4.90. The Morgan fingerprint density at radius 2 is 1.74 bits per heavy atom. The van der Waals surface area contributed by atoms with Gasteiger partial charge in [0.2, 0.25) is 0 Å². The minimum atomic E-state index is -0.658. The predicted molar refractivity (Wildman–Crippen MR) is 104 cm³/mol. The zero-order valence-corrected chi connectivity index (χ0v) is 15.6. The van der Waals surface area contributed by atoms with E-state index in [0.717, 1.165) is 17.5 Å². The van der Waals surface area contributed by atoms with Crippen LogP contribution in [0.15, 0.2) is 64.5 Å². The van der Waals surface area contributed by atoms with E-state index in [0.29, 0.717) is 16.9 Å². The number of nitrogens with two attached hydrogens (primary N) is 1. The maximum absolute atomic E-state index is 12.1. The molecule has 27 heavy (non-hydrogen) atoms. The monoisotopic (exact) mass is 362 g/mol. The number of hydrogen-bond acceptors (Lipinski definition) is 5. The van der Waals surface area contributed by atoms with Crippen LogP contribution in [0.3, 0.4) is 0 Å². The molecule has 2 aromatic carbocycles. The number of carbonyl (C=O) groups excluding carboxylic acids is 2. The molecule has 138 valence electrons. The largest absolute Gasteiger partial charge is 0.377 e. The number of fused-ring (bicyclic) bond motifs is 1. The van der Waals surface area contributed by atoms with Crippen molar-refractivity contribution in [2.24, 2.45) is 16.0 Å². The van der Waals surface area contributed by atoms with Gasteiger partial charge in [0.25, 0.3) is 5.91 Å². The Morgan fingerprint density at radius 1 is 1.07 bits per heavy atom. The number of Topliss-reactive ketones (excluding diaryl/α,β-unsaturated/α-hetero) is 1. The number of nitrogens with one attached hydrogen (secondary N) is 1. The summed E-state index contributed by atoms with van der Waals surface area (Å²) in [6.45, 7) is 5.61. The lowest BCUT2D eigenvalue weighted by atomic mass is 9.85. The quantitative estimate of drug-likeness (QED) is 0.492.